The second-order valence-electron chi connectivity index (χ2n) is 8.96. The van der Waals surface area contributed by atoms with Crippen LogP contribution in [0.5, 0.6) is 5.75 Å². The second kappa shape index (κ2) is 14.0. The molecule has 4 aromatic rings. The molecule has 42 heavy (non-hydrogen) atoms. The Morgan fingerprint density at radius 2 is 1.45 bits per heavy atom. The molecule has 4 aromatic carbocycles. The van der Waals surface area contributed by atoms with Gasteiger partial charge in [-0.15, -0.1) is 0 Å². The number of ketones is 1. The molecule has 9 nitrogen and oxygen atoms in total. The van der Waals surface area contributed by atoms with Gasteiger partial charge in [0, 0.05) is 28.9 Å². The fraction of sp³-hybridized carbons (Fsp3) is 0.0606. The van der Waals surface area contributed by atoms with Crippen molar-refractivity contribution in [3.8, 4) is 5.75 Å². The van der Waals surface area contributed by atoms with Gasteiger partial charge < -0.3 is 15.4 Å². The number of nitro groups is 1. The first-order valence-electron chi connectivity index (χ1n) is 13.0. The summed E-state index contributed by atoms with van der Waals surface area (Å²) >= 11 is 0. The fourth-order valence-corrected chi connectivity index (χ4v) is 3.83. The van der Waals surface area contributed by atoms with Crippen molar-refractivity contribution in [2.24, 2.45) is 0 Å². The quantitative estimate of drug-likeness (QED) is 0.0958. The lowest BCUT2D eigenvalue weighted by molar-refractivity contribution is -0.384. The van der Waals surface area contributed by atoms with Crippen LogP contribution in [0.1, 0.15) is 38.8 Å². The van der Waals surface area contributed by atoms with Crippen LogP contribution in [-0.2, 0) is 4.79 Å². The first kappa shape index (κ1) is 29.2. The number of ether oxygens (including phenoxy) is 1. The van der Waals surface area contributed by atoms with Gasteiger partial charge in [-0.2, -0.15) is 0 Å². The molecule has 0 aliphatic rings. The molecule has 0 fully saturated rings. The molecule has 0 saturated heterocycles. The summed E-state index contributed by atoms with van der Waals surface area (Å²) in [6, 6.07) is 27.8. The van der Waals surface area contributed by atoms with Crippen molar-refractivity contribution in [1.29, 1.82) is 0 Å². The van der Waals surface area contributed by atoms with Crippen LogP contribution in [0.3, 0.4) is 0 Å². The third-order valence-corrected chi connectivity index (χ3v) is 5.99. The van der Waals surface area contributed by atoms with Gasteiger partial charge in [0.2, 0.25) is 0 Å². The second-order valence-corrected chi connectivity index (χ2v) is 8.96. The molecule has 0 atom stereocenters. The summed E-state index contributed by atoms with van der Waals surface area (Å²) in [5, 5.41) is 16.2. The zero-order valence-corrected chi connectivity index (χ0v) is 22.7. The van der Waals surface area contributed by atoms with Gasteiger partial charge >= 0.3 is 0 Å². The van der Waals surface area contributed by atoms with Gasteiger partial charge in [-0.25, -0.2) is 0 Å². The highest BCUT2D eigenvalue weighted by Crippen LogP contribution is 2.17. The molecular weight excluding hydrogens is 534 g/mol. The first-order chi connectivity index (χ1) is 20.3. The van der Waals surface area contributed by atoms with E-state index >= 15 is 0 Å². The molecule has 2 amide bonds. The van der Waals surface area contributed by atoms with Crippen molar-refractivity contribution in [3.05, 3.63) is 147 Å². The summed E-state index contributed by atoms with van der Waals surface area (Å²) in [6.45, 7) is 2.41. The fourth-order valence-electron chi connectivity index (χ4n) is 3.83. The van der Waals surface area contributed by atoms with E-state index in [4.69, 9.17) is 4.74 Å². The molecular formula is C33H27N3O6. The molecule has 0 unspecified atom stereocenters. The van der Waals surface area contributed by atoms with Crippen LogP contribution < -0.4 is 15.4 Å². The summed E-state index contributed by atoms with van der Waals surface area (Å²) in [5.41, 5.74) is 2.51. The summed E-state index contributed by atoms with van der Waals surface area (Å²) in [7, 11) is 0. The van der Waals surface area contributed by atoms with E-state index in [1.54, 1.807) is 103 Å². The van der Waals surface area contributed by atoms with Gasteiger partial charge in [-0.1, -0.05) is 36.4 Å². The minimum atomic E-state index is -0.551. The zero-order chi connectivity index (χ0) is 29.9. The van der Waals surface area contributed by atoms with E-state index in [1.807, 2.05) is 6.92 Å². The number of nitrogens with zero attached hydrogens (tertiary/aromatic N) is 1. The van der Waals surface area contributed by atoms with E-state index < -0.39 is 16.7 Å². The summed E-state index contributed by atoms with van der Waals surface area (Å²) in [6.07, 6.45) is 4.49. The number of benzene rings is 4. The van der Waals surface area contributed by atoms with Crippen LogP contribution in [0.25, 0.3) is 12.2 Å². The van der Waals surface area contributed by atoms with Crippen LogP contribution in [-0.4, -0.2) is 29.1 Å². The third-order valence-electron chi connectivity index (χ3n) is 5.99. The SMILES string of the molecule is CCOc1ccc(/C=C(\NC(=O)c2ccccc2)C(=O)Nc2ccc(C(=O)/C=C/c3ccc([N+](=O)[O-])cc3)cc2)cc1. The normalized spacial score (nSPS) is 11.1. The van der Waals surface area contributed by atoms with E-state index in [-0.39, 0.29) is 17.2 Å². The Kier molecular flexibility index (Phi) is 9.72. The average Bonchev–Trinajstić information content (AvgIpc) is 3.01. The predicted octanol–water partition coefficient (Wildman–Crippen LogP) is 6.30. The molecule has 0 bridgehead atoms. The lowest BCUT2D eigenvalue weighted by Gasteiger charge is -2.12. The van der Waals surface area contributed by atoms with Gasteiger partial charge in [0.1, 0.15) is 11.4 Å². The molecule has 0 saturated carbocycles. The van der Waals surface area contributed by atoms with Crippen molar-refractivity contribution in [3.63, 3.8) is 0 Å². The first-order valence-corrected chi connectivity index (χ1v) is 13.0. The number of nitro benzene ring substituents is 1. The number of hydrogen-bond acceptors (Lipinski definition) is 6. The smallest absolute Gasteiger partial charge is 0.272 e. The topological polar surface area (TPSA) is 128 Å². The van der Waals surface area contributed by atoms with Crippen LogP contribution >= 0.6 is 0 Å². The number of amides is 2. The van der Waals surface area contributed by atoms with E-state index in [0.717, 1.165) is 0 Å². The molecule has 9 heteroatoms. The van der Waals surface area contributed by atoms with E-state index in [1.165, 1.54) is 18.2 Å². The number of non-ortho nitro benzene ring substituents is 1. The predicted molar refractivity (Wildman–Crippen MR) is 161 cm³/mol. The largest absolute Gasteiger partial charge is 0.494 e. The lowest BCUT2D eigenvalue weighted by Crippen LogP contribution is -2.30. The van der Waals surface area contributed by atoms with Gasteiger partial charge in [0.05, 0.1) is 11.5 Å². The third kappa shape index (κ3) is 8.09. The maximum absolute atomic E-state index is 13.3. The Morgan fingerprint density at radius 3 is 2.07 bits per heavy atom. The van der Waals surface area contributed by atoms with Gasteiger partial charge in [0.25, 0.3) is 17.5 Å². The van der Waals surface area contributed by atoms with Crippen molar-refractivity contribution in [2.75, 3.05) is 11.9 Å². The van der Waals surface area contributed by atoms with Crippen LogP contribution in [0.15, 0.2) is 115 Å². The minimum absolute atomic E-state index is 0.0270. The Labute approximate surface area is 242 Å². The highest BCUT2D eigenvalue weighted by atomic mass is 16.6. The van der Waals surface area contributed by atoms with Crippen LogP contribution in [0, 0.1) is 10.1 Å². The Morgan fingerprint density at radius 1 is 0.810 bits per heavy atom. The van der Waals surface area contributed by atoms with Crippen LogP contribution in [0.4, 0.5) is 11.4 Å². The van der Waals surface area contributed by atoms with Gasteiger partial charge in [0.15, 0.2) is 5.78 Å². The highest BCUT2D eigenvalue weighted by Gasteiger charge is 2.15. The van der Waals surface area contributed by atoms with Crippen molar-refractivity contribution < 1.29 is 24.0 Å². The average molecular weight is 562 g/mol. The minimum Gasteiger partial charge on any atom is -0.494 e. The van der Waals surface area contributed by atoms with Gasteiger partial charge in [-0.05, 0) is 90.9 Å². The van der Waals surface area contributed by atoms with Crippen LogP contribution in [0.2, 0.25) is 0 Å². The standard InChI is InChI=1S/C33H27N3O6/c1-2-42-29-19-10-24(11-20-29)22-30(35-32(38)26-6-4-3-5-7-26)33(39)34-27-15-13-25(14-16-27)31(37)21-12-23-8-17-28(18-9-23)36(40)41/h3-22H,2H2,1H3,(H,34,39)(H,35,38)/b21-12+,30-22-. The Balaban J connectivity index is 1.47. The lowest BCUT2D eigenvalue weighted by atomic mass is 10.1. The molecule has 4 rings (SSSR count). The number of hydrogen-bond donors (Lipinski definition) is 2. The zero-order valence-electron chi connectivity index (χ0n) is 22.7. The van der Waals surface area contributed by atoms with Crippen molar-refractivity contribution >= 4 is 41.1 Å². The molecule has 0 radical (unpaired) electrons. The van der Waals surface area contributed by atoms with E-state index in [9.17, 15) is 24.5 Å². The van der Waals surface area contributed by atoms with E-state index in [0.29, 0.717) is 40.3 Å². The number of rotatable bonds is 11. The van der Waals surface area contributed by atoms with Crippen molar-refractivity contribution in [1.82, 2.24) is 5.32 Å². The maximum Gasteiger partial charge on any atom is 0.272 e. The Bertz CT molecular complexity index is 1630. The van der Waals surface area contributed by atoms with E-state index in [2.05, 4.69) is 10.6 Å². The molecule has 0 aliphatic heterocycles. The number of nitrogens with one attached hydrogen (secondary N) is 2. The van der Waals surface area contributed by atoms with Gasteiger partial charge in [-0.3, -0.25) is 24.5 Å². The number of allylic oxidation sites excluding steroid dienone is 1. The molecule has 2 N–H and O–H groups in total. The molecule has 0 aromatic heterocycles. The van der Waals surface area contributed by atoms with Crippen molar-refractivity contribution in [2.45, 2.75) is 6.92 Å². The molecule has 0 heterocycles. The monoisotopic (exact) mass is 561 g/mol. The molecule has 0 aliphatic carbocycles. The summed E-state index contributed by atoms with van der Waals surface area (Å²) in [5.74, 6) is -0.586. The number of anilines is 1. The number of carbonyl (C=O) groups is 3. The highest BCUT2D eigenvalue weighted by molar-refractivity contribution is 6.11. The summed E-state index contributed by atoms with van der Waals surface area (Å²) < 4.78 is 5.47. The molecule has 210 valence electrons. The maximum atomic E-state index is 13.3. The Hall–Kier alpha value is -5.83. The summed E-state index contributed by atoms with van der Waals surface area (Å²) in [4.78, 5) is 49.0. The number of carbonyl (C=O) groups excluding carboxylic acids is 3. The molecule has 0 spiro atoms.